The van der Waals surface area contributed by atoms with Gasteiger partial charge in [-0.1, -0.05) is 25.0 Å². The molecule has 6 nitrogen and oxygen atoms in total. The molecule has 4 atom stereocenters. The maximum Gasteiger partial charge on any atom is 0.237 e. The van der Waals surface area contributed by atoms with E-state index >= 15 is 0 Å². The lowest BCUT2D eigenvalue weighted by molar-refractivity contribution is -0.123. The Morgan fingerprint density at radius 2 is 2.04 bits per heavy atom. The summed E-state index contributed by atoms with van der Waals surface area (Å²) in [5.74, 6) is 0.809. The Labute approximate surface area is 160 Å². The summed E-state index contributed by atoms with van der Waals surface area (Å²) in [5.41, 5.74) is 2.05. The predicted molar refractivity (Wildman–Crippen MR) is 102 cm³/mol. The summed E-state index contributed by atoms with van der Waals surface area (Å²) < 4.78 is 1.72. The second-order valence-corrected chi connectivity index (χ2v) is 7.27. The molecule has 140 valence electrons. The minimum absolute atomic E-state index is 0. The van der Waals surface area contributed by atoms with Crippen LogP contribution in [0.15, 0.2) is 36.9 Å². The molecule has 1 aliphatic carbocycles. The van der Waals surface area contributed by atoms with Gasteiger partial charge in [-0.05, 0) is 49.8 Å². The number of aromatic nitrogens is 3. The van der Waals surface area contributed by atoms with Gasteiger partial charge >= 0.3 is 0 Å². The van der Waals surface area contributed by atoms with Gasteiger partial charge in [0.25, 0.3) is 0 Å². The molecule has 0 spiro atoms. The number of amides is 1. The van der Waals surface area contributed by atoms with Crippen molar-refractivity contribution in [1.82, 2.24) is 25.4 Å². The Bertz CT molecular complexity index is 704. The molecule has 7 heteroatoms. The van der Waals surface area contributed by atoms with Gasteiger partial charge in [0.1, 0.15) is 12.7 Å². The van der Waals surface area contributed by atoms with E-state index in [1.54, 1.807) is 11.0 Å². The number of nitrogens with zero attached hydrogens (tertiary/aromatic N) is 3. The number of carbonyl (C=O) groups is 1. The normalized spacial score (nSPS) is 25.8. The summed E-state index contributed by atoms with van der Waals surface area (Å²) in [5, 5.41) is 10.8. The van der Waals surface area contributed by atoms with Gasteiger partial charge in [0.05, 0.1) is 17.8 Å². The Morgan fingerprint density at radius 1 is 1.27 bits per heavy atom. The van der Waals surface area contributed by atoms with Crippen molar-refractivity contribution in [3.63, 3.8) is 0 Å². The monoisotopic (exact) mass is 375 g/mol. The van der Waals surface area contributed by atoms with Gasteiger partial charge in [0, 0.05) is 6.04 Å². The highest BCUT2D eigenvalue weighted by Crippen LogP contribution is 2.33. The Hall–Kier alpha value is -1.92. The minimum atomic E-state index is -0.0371. The number of halogens is 1. The topological polar surface area (TPSA) is 71.8 Å². The summed E-state index contributed by atoms with van der Waals surface area (Å²) in [6, 6.07) is 8.55. The fourth-order valence-electron chi connectivity index (χ4n) is 4.18. The van der Waals surface area contributed by atoms with Gasteiger partial charge < -0.3 is 10.6 Å². The lowest BCUT2D eigenvalue weighted by Gasteiger charge is -2.24. The number of fused-ring (bicyclic) bond motifs is 1. The van der Waals surface area contributed by atoms with E-state index in [1.165, 1.54) is 32.0 Å². The van der Waals surface area contributed by atoms with Crippen LogP contribution in [0.5, 0.6) is 0 Å². The number of hydrogen-bond donors (Lipinski definition) is 2. The molecule has 0 radical (unpaired) electrons. The molecular formula is C19H26ClN5O. The zero-order valence-corrected chi connectivity index (χ0v) is 15.8. The van der Waals surface area contributed by atoms with Crippen LogP contribution in [0.3, 0.4) is 0 Å². The fraction of sp³-hybridized carbons (Fsp3) is 0.526. The fourth-order valence-corrected chi connectivity index (χ4v) is 4.18. The molecule has 2 aromatic rings. The number of benzene rings is 1. The van der Waals surface area contributed by atoms with Crippen LogP contribution in [0.2, 0.25) is 0 Å². The zero-order valence-electron chi connectivity index (χ0n) is 15.0. The van der Waals surface area contributed by atoms with E-state index in [0.29, 0.717) is 12.0 Å². The van der Waals surface area contributed by atoms with Crippen LogP contribution in [0.1, 0.15) is 50.6 Å². The zero-order chi connectivity index (χ0) is 17.2. The Kier molecular flexibility index (Phi) is 5.94. The van der Waals surface area contributed by atoms with Crippen molar-refractivity contribution in [3.05, 3.63) is 42.5 Å². The minimum Gasteiger partial charge on any atom is -0.348 e. The van der Waals surface area contributed by atoms with Crippen molar-refractivity contribution >= 4 is 18.3 Å². The van der Waals surface area contributed by atoms with Crippen molar-refractivity contribution in [2.24, 2.45) is 5.92 Å². The van der Waals surface area contributed by atoms with Crippen molar-refractivity contribution in [3.8, 4) is 5.69 Å². The molecular weight excluding hydrogens is 350 g/mol. The first-order valence-corrected chi connectivity index (χ1v) is 9.22. The second kappa shape index (κ2) is 8.18. The van der Waals surface area contributed by atoms with Gasteiger partial charge in [0.2, 0.25) is 5.91 Å². The van der Waals surface area contributed by atoms with Crippen molar-refractivity contribution in [2.45, 2.75) is 57.2 Å². The van der Waals surface area contributed by atoms with E-state index in [2.05, 4.69) is 20.7 Å². The molecule has 2 heterocycles. The predicted octanol–water partition coefficient (Wildman–Crippen LogP) is 2.79. The van der Waals surface area contributed by atoms with E-state index < -0.39 is 0 Å². The molecule has 0 bridgehead atoms. The summed E-state index contributed by atoms with van der Waals surface area (Å²) in [6.45, 7) is 2.03. The van der Waals surface area contributed by atoms with Gasteiger partial charge in [-0.25, -0.2) is 9.67 Å². The van der Waals surface area contributed by atoms with Gasteiger partial charge in [-0.3, -0.25) is 4.79 Å². The summed E-state index contributed by atoms with van der Waals surface area (Å²) in [6.07, 6.45) is 9.25. The lowest BCUT2D eigenvalue weighted by Crippen LogP contribution is -2.43. The number of rotatable bonds is 4. The van der Waals surface area contributed by atoms with Gasteiger partial charge in [0.15, 0.2) is 0 Å². The molecule has 1 aromatic heterocycles. The van der Waals surface area contributed by atoms with Crippen LogP contribution in [-0.4, -0.2) is 32.8 Å². The molecule has 2 fully saturated rings. The average molecular weight is 376 g/mol. The van der Waals surface area contributed by atoms with E-state index in [1.807, 2.05) is 31.2 Å². The SMILES string of the molecule is CC(NC(=O)C1CC2CCCCC2N1)c1ccc(-n2cncn2)cc1.Cl. The van der Waals surface area contributed by atoms with E-state index in [9.17, 15) is 4.79 Å². The molecule has 4 rings (SSSR count). The van der Waals surface area contributed by atoms with E-state index in [0.717, 1.165) is 17.7 Å². The smallest absolute Gasteiger partial charge is 0.237 e. The van der Waals surface area contributed by atoms with E-state index in [4.69, 9.17) is 0 Å². The molecule has 1 aromatic carbocycles. The third-order valence-electron chi connectivity index (χ3n) is 5.61. The lowest BCUT2D eigenvalue weighted by atomic mass is 9.85. The van der Waals surface area contributed by atoms with Crippen LogP contribution in [0.4, 0.5) is 0 Å². The van der Waals surface area contributed by atoms with Crippen molar-refractivity contribution < 1.29 is 4.79 Å². The molecule has 1 saturated carbocycles. The van der Waals surface area contributed by atoms with Crippen molar-refractivity contribution in [1.29, 1.82) is 0 Å². The van der Waals surface area contributed by atoms with Crippen LogP contribution in [-0.2, 0) is 4.79 Å². The first-order chi connectivity index (χ1) is 12.2. The van der Waals surface area contributed by atoms with Gasteiger partial charge in [-0.15, -0.1) is 12.4 Å². The third-order valence-corrected chi connectivity index (χ3v) is 5.61. The summed E-state index contributed by atoms with van der Waals surface area (Å²) in [4.78, 5) is 16.6. The largest absolute Gasteiger partial charge is 0.348 e. The van der Waals surface area contributed by atoms with E-state index in [-0.39, 0.29) is 30.4 Å². The Morgan fingerprint density at radius 3 is 2.73 bits per heavy atom. The molecule has 1 aliphatic heterocycles. The quantitative estimate of drug-likeness (QED) is 0.861. The molecule has 1 saturated heterocycles. The van der Waals surface area contributed by atoms with Gasteiger partial charge in [-0.2, -0.15) is 5.10 Å². The molecule has 26 heavy (non-hydrogen) atoms. The highest BCUT2D eigenvalue weighted by molar-refractivity contribution is 5.85. The van der Waals surface area contributed by atoms with Crippen LogP contribution in [0.25, 0.3) is 5.69 Å². The molecule has 4 unspecified atom stereocenters. The summed E-state index contributed by atoms with van der Waals surface area (Å²) >= 11 is 0. The maximum atomic E-state index is 12.6. The first-order valence-electron chi connectivity index (χ1n) is 9.22. The third kappa shape index (κ3) is 3.91. The number of hydrogen-bond acceptors (Lipinski definition) is 4. The number of nitrogens with one attached hydrogen (secondary N) is 2. The summed E-state index contributed by atoms with van der Waals surface area (Å²) in [7, 11) is 0. The first kappa shape index (κ1) is 18.9. The van der Waals surface area contributed by atoms with Crippen LogP contribution in [0, 0.1) is 5.92 Å². The molecule has 2 aliphatic rings. The highest BCUT2D eigenvalue weighted by atomic mass is 35.5. The number of carbonyl (C=O) groups excluding carboxylic acids is 1. The maximum absolute atomic E-state index is 12.6. The molecule has 1 amide bonds. The second-order valence-electron chi connectivity index (χ2n) is 7.27. The van der Waals surface area contributed by atoms with Crippen molar-refractivity contribution in [2.75, 3.05) is 0 Å². The average Bonchev–Trinajstić information content (AvgIpc) is 3.31. The van der Waals surface area contributed by atoms with Crippen LogP contribution >= 0.6 is 12.4 Å². The highest BCUT2D eigenvalue weighted by Gasteiger charge is 2.38. The van der Waals surface area contributed by atoms with Crippen LogP contribution < -0.4 is 10.6 Å². The Balaban J connectivity index is 0.00000196. The standard InChI is InChI=1S/C19H25N5O.ClH/c1-13(14-6-8-16(9-7-14)24-12-20-11-21-24)22-19(25)18-10-15-4-2-3-5-17(15)23-18;/h6-9,11-13,15,17-18,23H,2-5,10H2,1H3,(H,22,25);1H. The molecule has 2 N–H and O–H groups in total.